The zero-order valence-corrected chi connectivity index (χ0v) is 19.8. The molecule has 6 nitrogen and oxygen atoms in total. The first-order valence-corrected chi connectivity index (χ1v) is 12.8. The fraction of sp³-hybridized carbons (Fsp3) is 0.593. The van der Waals surface area contributed by atoms with E-state index in [1.54, 1.807) is 0 Å². The highest BCUT2D eigenvalue weighted by Crippen LogP contribution is 2.31. The Morgan fingerprint density at radius 1 is 1.03 bits per heavy atom. The number of fused-ring (bicyclic) bond motifs is 1. The molecule has 0 radical (unpaired) electrons. The lowest BCUT2D eigenvalue weighted by Gasteiger charge is -2.38. The number of nitrogens with zero attached hydrogens (tertiary/aromatic N) is 3. The number of H-pyrrole nitrogens is 1. The summed E-state index contributed by atoms with van der Waals surface area (Å²) in [5.74, 6) is 0.800. The number of likely N-dealkylation sites (tertiary alicyclic amines) is 1. The van der Waals surface area contributed by atoms with Crippen molar-refractivity contribution in [2.45, 2.75) is 89.8 Å². The molecule has 2 fully saturated rings. The van der Waals surface area contributed by atoms with E-state index in [-0.39, 0.29) is 17.5 Å². The number of aromatic nitrogens is 2. The maximum atomic E-state index is 13.3. The first kappa shape index (κ1) is 22.3. The number of aromatic amines is 1. The van der Waals surface area contributed by atoms with Crippen LogP contribution < -0.4 is 5.56 Å². The minimum atomic E-state index is -0.139. The van der Waals surface area contributed by atoms with Gasteiger partial charge in [-0.05, 0) is 51.0 Å². The van der Waals surface area contributed by atoms with Crippen molar-refractivity contribution in [1.29, 1.82) is 0 Å². The van der Waals surface area contributed by atoms with E-state index in [0.29, 0.717) is 18.3 Å². The van der Waals surface area contributed by atoms with Gasteiger partial charge in [-0.15, -0.1) is 0 Å². The Morgan fingerprint density at radius 2 is 1.79 bits per heavy atom. The lowest BCUT2D eigenvalue weighted by molar-refractivity contribution is -0.134. The monoisotopic (exact) mass is 448 g/mol. The van der Waals surface area contributed by atoms with Crippen LogP contribution >= 0.6 is 0 Å². The van der Waals surface area contributed by atoms with Crippen LogP contribution in [0.25, 0.3) is 0 Å². The smallest absolute Gasteiger partial charge is 0.254 e. The van der Waals surface area contributed by atoms with Crippen molar-refractivity contribution < 1.29 is 4.79 Å². The number of hydrogen-bond acceptors (Lipinski definition) is 4. The van der Waals surface area contributed by atoms with Gasteiger partial charge in [0.1, 0.15) is 5.82 Å². The largest absolute Gasteiger partial charge is 0.332 e. The molecule has 1 saturated carbocycles. The molecule has 6 heteroatoms. The predicted octanol–water partition coefficient (Wildman–Crippen LogP) is 4.07. The summed E-state index contributed by atoms with van der Waals surface area (Å²) in [6.45, 7) is 4.50. The van der Waals surface area contributed by atoms with Crippen molar-refractivity contribution in [2.75, 3.05) is 13.1 Å². The van der Waals surface area contributed by atoms with Crippen LogP contribution in [0, 0.1) is 6.92 Å². The van der Waals surface area contributed by atoms with Crippen molar-refractivity contribution in [1.82, 2.24) is 19.8 Å². The SMILES string of the molecule is Cc1ccc(CC(=O)N2CCCC[C@@H]2c2nc3c(c(=O)[nH]2)CCN(C2CCCCC2)C3)cc1. The third kappa shape index (κ3) is 4.91. The van der Waals surface area contributed by atoms with E-state index in [4.69, 9.17) is 4.98 Å². The Bertz CT molecular complexity index is 1040. The van der Waals surface area contributed by atoms with Crippen molar-refractivity contribution in [3.8, 4) is 0 Å². The molecule has 1 aliphatic carbocycles. The molecular formula is C27H36N4O2. The second-order valence-electron chi connectivity index (χ2n) is 10.1. The molecule has 3 aliphatic rings. The number of aryl methyl sites for hydroxylation is 1. The highest BCUT2D eigenvalue weighted by atomic mass is 16.2. The Morgan fingerprint density at radius 3 is 2.58 bits per heavy atom. The summed E-state index contributed by atoms with van der Waals surface area (Å²) in [7, 11) is 0. The minimum absolute atomic E-state index is 0.00481. The molecule has 3 heterocycles. The Balaban J connectivity index is 1.37. The molecule has 1 amide bonds. The van der Waals surface area contributed by atoms with Crippen LogP contribution in [0.5, 0.6) is 0 Å². The highest BCUT2D eigenvalue weighted by Gasteiger charge is 2.32. The van der Waals surface area contributed by atoms with Crippen LogP contribution in [0.1, 0.15) is 85.6 Å². The van der Waals surface area contributed by atoms with Gasteiger partial charge >= 0.3 is 0 Å². The predicted molar refractivity (Wildman–Crippen MR) is 129 cm³/mol. The second kappa shape index (κ2) is 9.80. The quantitative estimate of drug-likeness (QED) is 0.766. The van der Waals surface area contributed by atoms with Crippen LogP contribution in [-0.2, 0) is 24.2 Å². The summed E-state index contributed by atoms with van der Waals surface area (Å²) >= 11 is 0. The fourth-order valence-electron chi connectivity index (χ4n) is 5.89. The maximum absolute atomic E-state index is 13.3. The molecule has 1 aromatic heterocycles. The molecule has 0 bridgehead atoms. The first-order valence-electron chi connectivity index (χ1n) is 12.8. The van der Waals surface area contributed by atoms with Gasteiger partial charge in [0.25, 0.3) is 5.56 Å². The number of rotatable bonds is 4. The number of carbonyl (C=O) groups excluding carboxylic acids is 1. The van der Waals surface area contributed by atoms with E-state index in [1.807, 2.05) is 17.0 Å². The molecule has 2 aliphatic heterocycles. The topological polar surface area (TPSA) is 69.3 Å². The zero-order chi connectivity index (χ0) is 22.8. The van der Waals surface area contributed by atoms with E-state index in [2.05, 4.69) is 28.9 Å². The van der Waals surface area contributed by atoms with Gasteiger partial charge in [0, 0.05) is 31.2 Å². The summed E-state index contributed by atoms with van der Waals surface area (Å²) in [6, 6.07) is 8.66. The van der Waals surface area contributed by atoms with Crippen LogP contribution in [0.4, 0.5) is 0 Å². The Labute approximate surface area is 196 Å². The molecular weight excluding hydrogens is 412 g/mol. The summed E-state index contributed by atoms with van der Waals surface area (Å²) in [4.78, 5) is 38.8. The van der Waals surface area contributed by atoms with Crippen molar-refractivity contribution in [2.24, 2.45) is 0 Å². The fourth-order valence-corrected chi connectivity index (χ4v) is 5.89. The van der Waals surface area contributed by atoms with Crippen molar-refractivity contribution in [3.05, 3.63) is 62.8 Å². The van der Waals surface area contributed by atoms with Crippen molar-refractivity contribution in [3.63, 3.8) is 0 Å². The van der Waals surface area contributed by atoms with Crippen LogP contribution in [0.3, 0.4) is 0 Å². The standard InChI is InChI=1S/C27H36N4O2/c1-19-10-12-20(13-11-19)17-25(32)31-15-6-5-9-24(31)26-28-23-18-30(21-7-3-2-4-8-21)16-14-22(23)27(33)29-26/h10-13,21,24H,2-9,14-18H2,1H3,(H,28,29,33)/t24-/m1/s1. The van der Waals surface area contributed by atoms with E-state index < -0.39 is 0 Å². The van der Waals surface area contributed by atoms with Gasteiger partial charge in [-0.25, -0.2) is 4.98 Å². The minimum Gasteiger partial charge on any atom is -0.332 e. The Hall–Kier alpha value is -2.47. The van der Waals surface area contributed by atoms with Crippen LogP contribution in [0.2, 0.25) is 0 Å². The Kier molecular flexibility index (Phi) is 6.63. The van der Waals surface area contributed by atoms with Gasteiger partial charge in [-0.1, -0.05) is 49.1 Å². The molecule has 1 N–H and O–H groups in total. The molecule has 2 aromatic rings. The second-order valence-corrected chi connectivity index (χ2v) is 10.1. The number of piperidine rings is 1. The van der Waals surface area contributed by atoms with Gasteiger partial charge < -0.3 is 9.88 Å². The third-order valence-corrected chi connectivity index (χ3v) is 7.83. The van der Waals surface area contributed by atoms with Gasteiger partial charge in [0.2, 0.25) is 5.91 Å². The molecule has 176 valence electrons. The number of nitrogens with one attached hydrogen (secondary N) is 1. The molecule has 1 atom stereocenters. The number of benzene rings is 1. The maximum Gasteiger partial charge on any atom is 0.254 e. The lowest BCUT2D eigenvalue weighted by Crippen LogP contribution is -2.44. The number of carbonyl (C=O) groups is 1. The lowest BCUT2D eigenvalue weighted by atomic mass is 9.92. The molecule has 5 rings (SSSR count). The van der Waals surface area contributed by atoms with Gasteiger partial charge in [0.05, 0.1) is 18.2 Å². The number of amides is 1. The first-order chi connectivity index (χ1) is 16.1. The molecule has 0 spiro atoms. The van der Waals surface area contributed by atoms with Crippen LogP contribution in [0.15, 0.2) is 29.1 Å². The summed E-state index contributed by atoms with van der Waals surface area (Å²) < 4.78 is 0. The summed E-state index contributed by atoms with van der Waals surface area (Å²) in [6.07, 6.45) is 10.5. The highest BCUT2D eigenvalue weighted by molar-refractivity contribution is 5.79. The average molecular weight is 449 g/mol. The summed E-state index contributed by atoms with van der Waals surface area (Å²) in [5.41, 5.74) is 4.00. The van der Waals surface area contributed by atoms with Gasteiger partial charge in [0.15, 0.2) is 0 Å². The zero-order valence-electron chi connectivity index (χ0n) is 19.8. The average Bonchev–Trinajstić information content (AvgIpc) is 2.85. The molecule has 0 unspecified atom stereocenters. The molecule has 1 aromatic carbocycles. The normalized spacial score (nSPS) is 22.2. The third-order valence-electron chi connectivity index (χ3n) is 7.83. The van der Waals surface area contributed by atoms with Gasteiger partial charge in [-0.2, -0.15) is 0 Å². The van der Waals surface area contributed by atoms with Crippen LogP contribution in [-0.4, -0.2) is 44.8 Å². The number of hydrogen-bond donors (Lipinski definition) is 1. The van der Waals surface area contributed by atoms with Gasteiger partial charge in [-0.3, -0.25) is 14.5 Å². The van der Waals surface area contributed by atoms with Crippen molar-refractivity contribution >= 4 is 5.91 Å². The van der Waals surface area contributed by atoms with E-state index in [9.17, 15) is 9.59 Å². The van der Waals surface area contributed by atoms with E-state index in [0.717, 1.165) is 62.1 Å². The molecule has 33 heavy (non-hydrogen) atoms. The van der Waals surface area contributed by atoms with E-state index >= 15 is 0 Å². The summed E-state index contributed by atoms with van der Waals surface area (Å²) in [5, 5.41) is 0. The van der Waals surface area contributed by atoms with E-state index in [1.165, 1.54) is 37.7 Å². The molecule has 1 saturated heterocycles.